The topological polar surface area (TPSA) is 108 Å². The van der Waals surface area contributed by atoms with Crippen molar-refractivity contribution in [2.24, 2.45) is 0 Å². The van der Waals surface area contributed by atoms with Crippen LogP contribution in [0, 0.1) is 0 Å². The van der Waals surface area contributed by atoms with Crippen molar-refractivity contribution in [2.45, 2.75) is 13.0 Å². The second-order valence-corrected chi connectivity index (χ2v) is 6.40. The molecular weight excluding hydrogens is 368 g/mol. The summed E-state index contributed by atoms with van der Waals surface area (Å²) < 4.78 is 7.34. The predicted molar refractivity (Wildman–Crippen MR) is 111 cm³/mol. The summed E-state index contributed by atoms with van der Waals surface area (Å²) in [4.78, 5) is 24.9. The van der Waals surface area contributed by atoms with Gasteiger partial charge in [0.1, 0.15) is 11.8 Å². The predicted octanol–water partition coefficient (Wildman–Crippen LogP) is 3.40. The molecule has 2 aromatic heterocycles. The number of nitrogens with zero attached hydrogens (tertiary/aromatic N) is 4. The molecular formula is C21H20N6O2. The van der Waals surface area contributed by atoms with Gasteiger partial charge in [-0.05, 0) is 30.7 Å². The molecule has 2 heterocycles. The van der Waals surface area contributed by atoms with Gasteiger partial charge in [-0.1, -0.05) is 30.3 Å². The summed E-state index contributed by atoms with van der Waals surface area (Å²) in [7, 11) is 0. The number of carbonyl (C=O) groups is 1. The van der Waals surface area contributed by atoms with Crippen LogP contribution in [0.3, 0.4) is 0 Å². The smallest absolute Gasteiger partial charge is 0.340 e. The number of hydrogen-bond donors (Lipinski definition) is 2. The summed E-state index contributed by atoms with van der Waals surface area (Å²) in [5, 5.41) is 3.25. The minimum atomic E-state index is -0.369. The van der Waals surface area contributed by atoms with Crippen molar-refractivity contribution in [1.82, 2.24) is 19.5 Å². The largest absolute Gasteiger partial charge is 0.462 e. The van der Waals surface area contributed by atoms with Crippen LogP contribution in [-0.4, -0.2) is 32.1 Å². The number of nitrogen functional groups attached to an aromatic ring is 1. The maximum Gasteiger partial charge on any atom is 0.340 e. The van der Waals surface area contributed by atoms with Crippen LogP contribution in [0.5, 0.6) is 0 Å². The van der Waals surface area contributed by atoms with Crippen LogP contribution >= 0.6 is 0 Å². The zero-order valence-electron chi connectivity index (χ0n) is 15.7. The molecule has 0 fully saturated rings. The number of nitrogens with one attached hydrogen (secondary N) is 1. The highest BCUT2D eigenvalue weighted by atomic mass is 16.5. The monoisotopic (exact) mass is 388 g/mol. The van der Waals surface area contributed by atoms with Crippen LogP contribution in [0.2, 0.25) is 0 Å². The fourth-order valence-electron chi connectivity index (χ4n) is 2.99. The summed E-state index contributed by atoms with van der Waals surface area (Å²) in [5.74, 6) is -0.0196. The number of aromatic nitrogens is 4. The van der Waals surface area contributed by atoms with E-state index in [0.29, 0.717) is 41.2 Å². The Labute approximate surface area is 167 Å². The highest BCUT2D eigenvalue weighted by molar-refractivity contribution is 5.96. The highest BCUT2D eigenvalue weighted by Gasteiger charge is 2.13. The number of anilines is 3. The molecule has 3 N–H and O–H groups in total. The lowest BCUT2D eigenvalue weighted by Gasteiger charge is -2.12. The number of para-hydroxylation sites is 2. The molecule has 0 atom stereocenters. The Morgan fingerprint density at radius 1 is 1.03 bits per heavy atom. The SMILES string of the molecule is Nc1ncnc2c1ncn2CCCOC(=O)c1ccccc1Nc1ccccc1. The van der Waals surface area contributed by atoms with Crippen LogP contribution in [0.4, 0.5) is 17.2 Å². The zero-order chi connectivity index (χ0) is 20.1. The van der Waals surface area contributed by atoms with Gasteiger partial charge in [-0.15, -0.1) is 0 Å². The maximum atomic E-state index is 12.6. The molecule has 0 amide bonds. The molecule has 0 aliphatic carbocycles. The lowest BCUT2D eigenvalue weighted by Crippen LogP contribution is -2.10. The average molecular weight is 388 g/mol. The first-order valence-electron chi connectivity index (χ1n) is 9.22. The number of imidazole rings is 1. The van der Waals surface area contributed by atoms with Crippen LogP contribution in [0.1, 0.15) is 16.8 Å². The first-order chi connectivity index (χ1) is 14.2. The first kappa shape index (κ1) is 18.4. The fraction of sp³-hybridized carbons (Fsp3) is 0.143. The van der Waals surface area contributed by atoms with E-state index in [4.69, 9.17) is 10.5 Å². The molecule has 0 unspecified atom stereocenters. The third-order valence-electron chi connectivity index (χ3n) is 4.41. The van der Waals surface area contributed by atoms with Gasteiger partial charge >= 0.3 is 5.97 Å². The van der Waals surface area contributed by atoms with Crippen molar-refractivity contribution >= 4 is 34.3 Å². The van der Waals surface area contributed by atoms with E-state index in [1.807, 2.05) is 53.1 Å². The van der Waals surface area contributed by atoms with Gasteiger partial charge in [-0.25, -0.2) is 19.7 Å². The molecule has 0 radical (unpaired) electrons. The van der Waals surface area contributed by atoms with Gasteiger partial charge in [-0.3, -0.25) is 0 Å². The van der Waals surface area contributed by atoms with Crippen molar-refractivity contribution in [3.63, 3.8) is 0 Å². The molecule has 2 aromatic carbocycles. The van der Waals surface area contributed by atoms with E-state index in [9.17, 15) is 4.79 Å². The molecule has 4 rings (SSSR count). The van der Waals surface area contributed by atoms with Crippen LogP contribution in [-0.2, 0) is 11.3 Å². The summed E-state index contributed by atoms with van der Waals surface area (Å²) in [6.07, 6.45) is 3.69. The minimum absolute atomic E-state index is 0.277. The number of hydrogen-bond acceptors (Lipinski definition) is 7. The van der Waals surface area contributed by atoms with Crippen molar-refractivity contribution in [3.8, 4) is 0 Å². The second-order valence-electron chi connectivity index (χ2n) is 6.40. The zero-order valence-corrected chi connectivity index (χ0v) is 15.7. The van der Waals surface area contributed by atoms with E-state index < -0.39 is 0 Å². The number of ether oxygens (including phenoxy) is 1. The molecule has 0 aliphatic heterocycles. The third kappa shape index (κ3) is 4.16. The van der Waals surface area contributed by atoms with Crippen molar-refractivity contribution < 1.29 is 9.53 Å². The molecule has 0 saturated carbocycles. The van der Waals surface area contributed by atoms with E-state index in [1.165, 1.54) is 6.33 Å². The number of esters is 1. The van der Waals surface area contributed by atoms with E-state index in [1.54, 1.807) is 12.4 Å². The number of rotatable bonds is 7. The van der Waals surface area contributed by atoms with E-state index in [2.05, 4.69) is 20.3 Å². The standard InChI is InChI=1S/C21H20N6O2/c22-19-18-20(24-13-23-19)27(14-25-18)11-6-12-29-21(28)16-9-4-5-10-17(16)26-15-7-2-1-3-8-15/h1-5,7-10,13-14,26H,6,11-12H2,(H2,22,23,24). The Bertz CT molecular complexity index is 1130. The molecule has 0 spiro atoms. The molecule has 29 heavy (non-hydrogen) atoms. The van der Waals surface area contributed by atoms with Crippen LogP contribution < -0.4 is 11.1 Å². The lowest BCUT2D eigenvalue weighted by atomic mass is 10.1. The van der Waals surface area contributed by atoms with Crippen molar-refractivity contribution in [3.05, 3.63) is 72.8 Å². The van der Waals surface area contributed by atoms with Gasteiger partial charge in [0.05, 0.1) is 24.2 Å². The number of fused-ring (bicyclic) bond motifs is 1. The Morgan fingerprint density at radius 2 is 1.83 bits per heavy atom. The quantitative estimate of drug-likeness (QED) is 0.369. The minimum Gasteiger partial charge on any atom is -0.462 e. The summed E-state index contributed by atoms with van der Waals surface area (Å²) in [6, 6.07) is 17.0. The number of benzene rings is 2. The Morgan fingerprint density at radius 3 is 2.69 bits per heavy atom. The van der Waals surface area contributed by atoms with Crippen LogP contribution in [0.15, 0.2) is 67.3 Å². The van der Waals surface area contributed by atoms with Gasteiger partial charge in [0.25, 0.3) is 0 Å². The van der Waals surface area contributed by atoms with E-state index in [-0.39, 0.29) is 12.6 Å². The van der Waals surface area contributed by atoms with Crippen molar-refractivity contribution in [2.75, 3.05) is 17.7 Å². The van der Waals surface area contributed by atoms with E-state index in [0.717, 1.165) is 5.69 Å². The van der Waals surface area contributed by atoms with Crippen molar-refractivity contribution in [1.29, 1.82) is 0 Å². The van der Waals surface area contributed by atoms with Gasteiger partial charge in [0, 0.05) is 12.2 Å². The molecule has 8 heteroatoms. The molecule has 0 aliphatic rings. The van der Waals surface area contributed by atoms with Gasteiger partial charge in [0.2, 0.25) is 0 Å². The maximum absolute atomic E-state index is 12.6. The highest BCUT2D eigenvalue weighted by Crippen LogP contribution is 2.21. The number of nitrogens with two attached hydrogens (primary N) is 1. The number of carbonyl (C=O) groups excluding carboxylic acids is 1. The Balaban J connectivity index is 1.36. The third-order valence-corrected chi connectivity index (χ3v) is 4.41. The second kappa shape index (κ2) is 8.39. The van der Waals surface area contributed by atoms with E-state index >= 15 is 0 Å². The Hall–Kier alpha value is -3.94. The normalized spacial score (nSPS) is 10.8. The lowest BCUT2D eigenvalue weighted by molar-refractivity contribution is 0.0497. The molecule has 0 saturated heterocycles. The van der Waals surface area contributed by atoms with Gasteiger partial charge in [0.15, 0.2) is 11.5 Å². The average Bonchev–Trinajstić information content (AvgIpc) is 3.17. The first-order valence-corrected chi connectivity index (χ1v) is 9.22. The molecule has 0 bridgehead atoms. The summed E-state index contributed by atoms with van der Waals surface area (Å²) in [6.45, 7) is 0.878. The molecule has 146 valence electrons. The molecule has 8 nitrogen and oxygen atoms in total. The number of aryl methyl sites for hydroxylation is 1. The fourth-order valence-corrected chi connectivity index (χ4v) is 2.99. The molecule has 4 aromatic rings. The summed E-state index contributed by atoms with van der Waals surface area (Å²) in [5.41, 5.74) is 9.14. The van der Waals surface area contributed by atoms with Crippen LogP contribution in [0.25, 0.3) is 11.2 Å². The Kier molecular flexibility index (Phi) is 5.33. The van der Waals surface area contributed by atoms with Gasteiger partial charge < -0.3 is 20.4 Å². The summed E-state index contributed by atoms with van der Waals surface area (Å²) >= 11 is 0. The van der Waals surface area contributed by atoms with Gasteiger partial charge in [-0.2, -0.15) is 0 Å².